The van der Waals surface area contributed by atoms with Crippen molar-refractivity contribution in [2.75, 3.05) is 40.7 Å². The standard InChI is InChI=1S/C46H77NO17.C10H16O4S/c1-13-33-30(22-58-45-42(57-12)41(56-11)37(52)26(5)60-45)18-23(2)14-15-31(49)24(3)19-29(16-17-48)39(25(4)32(50)20-34(51)62-33)64-44-38(53)36(47(9)10)40(27(6)61-44)63-35-21-46(8,55)43(54)28(7)59-35;1-9(2)7-3-4-10(9,8(11)5-7)6-15(12,13)14/h14-15,17-18,24-30,32-33,35-45,50,52-55H,13,16,19-22H2,1-12H3;7H,3-6H2,1-2H3,(H,12,13,14)/b15-14+,23-18+;/t24-,25+,26-,27-,28+,29+,30?,32-,33-,35+,36-,37-,38-,39-,40-,41-,42-,43+,44-,45-,46-;7-,10-/m10/s1. The zero-order valence-corrected chi connectivity index (χ0v) is 49.5. The van der Waals surface area contributed by atoms with Crippen molar-refractivity contribution < 1.29 is 100 Å². The molecule has 454 valence electrons. The third kappa shape index (κ3) is 15.7. The predicted molar refractivity (Wildman–Crippen MR) is 285 cm³/mol. The maximum atomic E-state index is 13.8. The molecule has 1 unspecified atom stereocenters. The van der Waals surface area contributed by atoms with Crippen LogP contribution in [0.1, 0.15) is 121 Å². The highest BCUT2D eigenvalue weighted by molar-refractivity contribution is 7.85. The van der Waals surface area contributed by atoms with Crippen molar-refractivity contribution in [1.29, 1.82) is 0 Å². The molecule has 2 aliphatic carbocycles. The van der Waals surface area contributed by atoms with Crippen molar-refractivity contribution in [2.24, 2.45) is 40.4 Å². The zero-order chi connectivity index (χ0) is 59.3. The summed E-state index contributed by atoms with van der Waals surface area (Å²) in [4.78, 5) is 53.4. The summed E-state index contributed by atoms with van der Waals surface area (Å²) in [7, 11) is 2.36. The van der Waals surface area contributed by atoms with Gasteiger partial charge < -0.3 is 77.9 Å². The van der Waals surface area contributed by atoms with Crippen LogP contribution in [-0.4, -0.2) is 212 Å². The van der Waals surface area contributed by atoms with Gasteiger partial charge in [0.05, 0.1) is 66.4 Å². The van der Waals surface area contributed by atoms with E-state index in [9.17, 15) is 53.1 Å². The minimum Gasteiger partial charge on any atom is -0.462 e. The Morgan fingerprint density at radius 1 is 0.835 bits per heavy atom. The number of hydrogen-bond donors (Lipinski definition) is 6. The lowest BCUT2D eigenvalue weighted by molar-refractivity contribution is -0.341. The van der Waals surface area contributed by atoms with Crippen LogP contribution in [0.2, 0.25) is 0 Å². The van der Waals surface area contributed by atoms with Crippen LogP contribution in [0.15, 0.2) is 23.8 Å². The first kappa shape index (κ1) is 67.1. The first-order valence-corrected chi connectivity index (χ1v) is 29.5. The number of cyclic esters (lactones) is 1. The molecule has 5 fully saturated rings. The molecule has 4 aliphatic heterocycles. The number of fused-ring (bicyclic) bond motifs is 2. The van der Waals surface area contributed by atoms with Crippen LogP contribution in [0.4, 0.5) is 0 Å². The molecule has 79 heavy (non-hydrogen) atoms. The van der Waals surface area contributed by atoms with E-state index in [1.165, 1.54) is 27.2 Å². The van der Waals surface area contributed by atoms with E-state index in [0.717, 1.165) is 12.7 Å². The lowest BCUT2D eigenvalue weighted by atomic mass is 9.70. The quantitative estimate of drug-likeness (QED) is 0.0780. The highest BCUT2D eigenvalue weighted by atomic mass is 32.2. The second-order valence-corrected chi connectivity index (χ2v) is 25.6. The lowest BCUT2D eigenvalue weighted by Crippen LogP contribution is -2.65. The van der Waals surface area contributed by atoms with Gasteiger partial charge in [-0.25, -0.2) is 0 Å². The molecule has 0 radical (unpaired) electrons. The van der Waals surface area contributed by atoms with Gasteiger partial charge in [-0.05, 0) is 97.7 Å². The summed E-state index contributed by atoms with van der Waals surface area (Å²) < 4.78 is 85.6. The maximum absolute atomic E-state index is 13.8. The van der Waals surface area contributed by atoms with Crippen LogP contribution in [-0.2, 0) is 71.9 Å². The number of methoxy groups -OCH3 is 2. The molecular weight excluding hydrogens is 1050 g/mol. The Balaban J connectivity index is 0.000000652. The van der Waals surface area contributed by atoms with E-state index in [1.807, 2.05) is 33.8 Å². The lowest BCUT2D eigenvalue weighted by Gasteiger charge is -2.50. The van der Waals surface area contributed by atoms with Gasteiger partial charge in [-0.15, -0.1) is 0 Å². The molecule has 6 N–H and O–H groups in total. The number of Topliss-reactive ketones (excluding diaryl/α,β-unsaturated/α-hetero) is 1. The molecule has 0 aromatic heterocycles. The van der Waals surface area contributed by atoms with Crippen LogP contribution in [0.3, 0.4) is 0 Å². The molecule has 6 rings (SSSR count). The van der Waals surface area contributed by atoms with Gasteiger partial charge in [-0.1, -0.05) is 52.3 Å². The molecule has 23 heteroatoms. The number of allylic oxidation sites excluding steroid dienone is 3. The van der Waals surface area contributed by atoms with E-state index in [1.54, 1.807) is 59.7 Å². The van der Waals surface area contributed by atoms with Crippen LogP contribution in [0, 0.1) is 40.4 Å². The zero-order valence-electron chi connectivity index (χ0n) is 48.7. The number of aliphatic hydroxyl groups is 5. The Morgan fingerprint density at radius 2 is 1.48 bits per heavy atom. The predicted octanol–water partition coefficient (Wildman–Crippen LogP) is 3.10. The van der Waals surface area contributed by atoms with Crippen molar-refractivity contribution in [3.05, 3.63) is 23.8 Å². The van der Waals surface area contributed by atoms with Crippen molar-refractivity contribution in [3.8, 4) is 0 Å². The van der Waals surface area contributed by atoms with Gasteiger partial charge in [0.25, 0.3) is 10.1 Å². The molecule has 6 aliphatic rings. The number of rotatable bonds is 15. The number of likely N-dealkylation sites (N-methyl/N-ethyl adjacent to an activating group) is 1. The van der Waals surface area contributed by atoms with Gasteiger partial charge in [0.15, 0.2) is 24.7 Å². The van der Waals surface area contributed by atoms with Gasteiger partial charge >= 0.3 is 5.97 Å². The topological polar surface area (TPSA) is 310 Å². The molecule has 0 aromatic carbocycles. The third-order valence-electron chi connectivity index (χ3n) is 18.0. The number of aliphatic hydroxyl groups excluding tert-OH is 4. The van der Waals surface area contributed by atoms with Crippen molar-refractivity contribution >= 4 is 33.9 Å². The molecule has 2 bridgehead atoms. The second kappa shape index (κ2) is 27.8. The molecule has 22 nitrogen and oxygen atoms in total. The summed E-state index contributed by atoms with van der Waals surface area (Å²) >= 11 is 0. The molecule has 0 amide bonds. The van der Waals surface area contributed by atoms with E-state index in [0.29, 0.717) is 24.8 Å². The third-order valence-corrected chi connectivity index (χ3v) is 18.8. The SMILES string of the molecule is CC1(C)[C@H]2CC[C@]1(CS(=O)(=O)O)C(=O)C2.CC[C@H]1OC(=O)C[C@@H](O)[C@H](C)[C@@H](O[C@H]2O[C@H](C)[C@@H](O[C@H]3C[C@@](C)(O)[C@@H](O)[C@H](C)O3)[C@H](N(C)C)[C@H]2O)[C@@H](CC=O)C[C@@H](C)C(=O)/C=C/C(C)=C/C1CO[C@@H]1O[C@H](C)[C@@H](O)[C@@H](OC)[C@H]1OC. The number of carbonyl (C=O) groups is 4. The first-order chi connectivity index (χ1) is 36.8. The Hall–Kier alpha value is -2.69. The molecule has 0 spiro atoms. The second-order valence-electron chi connectivity index (χ2n) is 24.1. The average Bonchev–Trinajstić information content (AvgIpc) is 3.81. The smallest absolute Gasteiger partial charge is 0.308 e. The van der Waals surface area contributed by atoms with Crippen LogP contribution in [0.25, 0.3) is 0 Å². The Morgan fingerprint density at radius 3 is 2.03 bits per heavy atom. The van der Waals surface area contributed by atoms with Gasteiger partial charge in [0, 0.05) is 51.2 Å². The number of ketones is 2. The van der Waals surface area contributed by atoms with E-state index in [4.69, 9.17) is 47.2 Å². The van der Waals surface area contributed by atoms with E-state index in [2.05, 4.69) is 0 Å². The molecule has 2 saturated carbocycles. The summed E-state index contributed by atoms with van der Waals surface area (Å²) in [5, 5.41) is 55.8. The average molecular weight is 1150 g/mol. The fourth-order valence-electron chi connectivity index (χ4n) is 12.9. The van der Waals surface area contributed by atoms with Crippen molar-refractivity contribution in [1.82, 2.24) is 4.90 Å². The minimum atomic E-state index is -4.08. The number of hydrogen-bond acceptors (Lipinski definition) is 21. The highest BCUT2D eigenvalue weighted by Crippen LogP contribution is 2.64. The molecule has 23 atom stereocenters. The summed E-state index contributed by atoms with van der Waals surface area (Å²) in [6.07, 6.45) is -6.52. The molecule has 0 aromatic rings. The van der Waals surface area contributed by atoms with Crippen LogP contribution < -0.4 is 0 Å². The number of esters is 1. The van der Waals surface area contributed by atoms with Gasteiger partial charge in [0.2, 0.25) is 0 Å². The number of carbonyl (C=O) groups excluding carboxylic acids is 4. The van der Waals surface area contributed by atoms with E-state index in [-0.39, 0.29) is 48.8 Å². The number of aldehydes is 1. The minimum absolute atomic E-state index is 0.00788. The Kier molecular flexibility index (Phi) is 23.6. The largest absolute Gasteiger partial charge is 0.462 e. The fourth-order valence-corrected chi connectivity index (χ4v) is 14.2. The summed E-state index contributed by atoms with van der Waals surface area (Å²) in [5.74, 6) is -3.69. The Labute approximate surface area is 466 Å². The normalized spacial score (nSPS) is 44.5. The van der Waals surface area contributed by atoms with Crippen LogP contribution >= 0.6 is 0 Å². The van der Waals surface area contributed by atoms with Crippen molar-refractivity contribution in [3.63, 3.8) is 0 Å². The molecule has 4 heterocycles. The monoisotopic (exact) mass is 1150 g/mol. The first-order valence-electron chi connectivity index (χ1n) is 27.8. The summed E-state index contributed by atoms with van der Waals surface area (Å²) in [5.41, 5.74) is -1.93. The number of ether oxygens (including phenoxy) is 9. The van der Waals surface area contributed by atoms with Gasteiger partial charge in [-0.2, -0.15) is 8.42 Å². The molecular formula is C56H93NO21S. The highest BCUT2D eigenvalue weighted by Gasteiger charge is 2.65. The van der Waals surface area contributed by atoms with Crippen LogP contribution in [0.5, 0.6) is 0 Å². The Bertz CT molecular complexity index is 2220. The van der Waals surface area contributed by atoms with Crippen molar-refractivity contribution in [2.45, 2.75) is 224 Å². The van der Waals surface area contributed by atoms with E-state index >= 15 is 0 Å². The molecule has 3 saturated heterocycles. The maximum Gasteiger partial charge on any atom is 0.308 e. The summed E-state index contributed by atoms with van der Waals surface area (Å²) in [6, 6.07) is -0.748. The van der Waals surface area contributed by atoms with E-state index < -0.39 is 161 Å². The number of nitrogens with zero attached hydrogens (tertiary/aromatic N) is 1. The summed E-state index contributed by atoms with van der Waals surface area (Å²) in [6.45, 7) is 17.5. The fraction of sp³-hybridized carbons (Fsp3) is 0.857. The van der Waals surface area contributed by atoms with Gasteiger partial charge in [0.1, 0.15) is 54.8 Å². The van der Waals surface area contributed by atoms with Gasteiger partial charge in [-0.3, -0.25) is 18.9 Å².